The molecular weight excluding hydrogens is 273 g/mol. The van der Waals surface area contributed by atoms with Crippen molar-refractivity contribution in [2.75, 3.05) is 33.4 Å². The molecule has 1 aliphatic rings. The van der Waals surface area contributed by atoms with E-state index in [0.29, 0.717) is 38.5 Å². The van der Waals surface area contributed by atoms with E-state index in [9.17, 15) is 9.18 Å². The molecule has 1 aliphatic heterocycles. The van der Waals surface area contributed by atoms with Crippen molar-refractivity contribution in [2.24, 2.45) is 0 Å². The molecule has 1 aromatic carbocycles. The van der Waals surface area contributed by atoms with Crippen molar-refractivity contribution in [1.29, 1.82) is 0 Å². The molecule has 0 aliphatic carbocycles. The van der Waals surface area contributed by atoms with Crippen LogP contribution in [0.4, 0.5) is 4.39 Å². The van der Waals surface area contributed by atoms with Crippen LogP contribution < -0.4 is 4.74 Å². The highest BCUT2D eigenvalue weighted by Crippen LogP contribution is 2.37. The van der Waals surface area contributed by atoms with Crippen LogP contribution in [0.1, 0.15) is 25.8 Å². The number of hydrogen-bond acceptors (Lipinski definition) is 4. The van der Waals surface area contributed by atoms with Gasteiger partial charge in [-0.15, -0.1) is 0 Å². The Morgan fingerprint density at radius 2 is 2.29 bits per heavy atom. The first-order valence-electron chi connectivity index (χ1n) is 7.13. The largest absolute Gasteiger partial charge is 0.496 e. The molecule has 1 unspecified atom stereocenters. The van der Waals surface area contributed by atoms with Crippen LogP contribution in [0.3, 0.4) is 0 Å². The number of methoxy groups -OCH3 is 1. The van der Waals surface area contributed by atoms with E-state index in [1.165, 1.54) is 12.1 Å². The van der Waals surface area contributed by atoms with Crippen LogP contribution in [-0.2, 0) is 15.1 Å². The first-order valence-corrected chi connectivity index (χ1v) is 7.13. The zero-order valence-electron chi connectivity index (χ0n) is 12.8. The summed E-state index contributed by atoms with van der Waals surface area (Å²) in [5.41, 5.74) is 0.259. The second-order valence-corrected chi connectivity index (χ2v) is 5.61. The minimum atomic E-state index is -0.499. The highest BCUT2D eigenvalue weighted by molar-refractivity contribution is 5.75. The van der Waals surface area contributed by atoms with Gasteiger partial charge in [0.15, 0.2) is 0 Å². The van der Waals surface area contributed by atoms with Gasteiger partial charge in [0.2, 0.25) is 0 Å². The number of hydrogen-bond donors (Lipinski definition) is 0. The molecule has 0 saturated carbocycles. The number of rotatable bonds is 5. The van der Waals surface area contributed by atoms with E-state index >= 15 is 0 Å². The molecule has 0 bridgehead atoms. The molecule has 4 nitrogen and oxygen atoms in total. The number of ketones is 1. The summed E-state index contributed by atoms with van der Waals surface area (Å²) in [5, 5.41) is 0. The monoisotopic (exact) mass is 295 g/mol. The minimum Gasteiger partial charge on any atom is -0.496 e. The highest BCUT2D eigenvalue weighted by Gasteiger charge is 2.39. The van der Waals surface area contributed by atoms with Gasteiger partial charge in [-0.3, -0.25) is 9.69 Å². The van der Waals surface area contributed by atoms with Crippen molar-refractivity contribution in [3.8, 4) is 5.75 Å². The molecule has 21 heavy (non-hydrogen) atoms. The number of halogens is 1. The van der Waals surface area contributed by atoms with Crippen molar-refractivity contribution < 1.29 is 18.7 Å². The quantitative estimate of drug-likeness (QED) is 0.836. The lowest BCUT2D eigenvalue weighted by atomic mass is 9.88. The topological polar surface area (TPSA) is 38.8 Å². The van der Waals surface area contributed by atoms with E-state index in [1.807, 2.05) is 6.92 Å². The first kappa shape index (κ1) is 15.9. The minimum absolute atomic E-state index is 0.148. The fraction of sp³-hybridized carbons (Fsp3) is 0.562. The lowest BCUT2D eigenvalue weighted by Crippen LogP contribution is -2.53. The maximum atomic E-state index is 13.7. The summed E-state index contributed by atoms with van der Waals surface area (Å²) < 4.78 is 24.7. The Morgan fingerprint density at radius 1 is 1.52 bits per heavy atom. The smallest absolute Gasteiger partial charge is 0.131 e. The van der Waals surface area contributed by atoms with Crippen molar-refractivity contribution in [1.82, 2.24) is 4.90 Å². The fourth-order valence-electron chi connectivity index (χ4n) is 2.78. The van der Waals surface area contributed by atoms with Gasteiger partial charge in [0.25, 0.3) is 0 Å². The van der Waals surface area contributed by atoms with E-state index in [4.69, 9.17) is 9.47 Å². The maximum Gasteiger partial charge on any atom is 0.131 e. The summed E-state index contributed by atoms with van der Waals surface area (Å²) in [6.45, 7) is 6.00. The molecule has 1 saturated heterocycles. The SMILES string of the molecule is COc1ccc(F)cc1C1(C)COCCN1CCC(C)=O. The number of ether oxygens (including phenoxy) is 2. The van der Waals surface area contributed by atoms with Gasteiger partial charge < -0.3 is 9.47 Å². The number of morpholine rings is 1. The maximum absolute atomic E-state index is 13.7. The van der Waals surface area contributed by atoms with Crippen molar-refractivity contribution in [3.63, 3.8) is 0 Å². The number of carbonyl (C=O) groups is 1. The van der Waals surface area contributed by atoms with Crippen molar-refractivity contribution in [3.05, 3.63) is 29.6 Å². The molecule has 2 rings (SSSR count). The van der Waals surface area contributed by atoms with E-state index in [1.54, 1.807) is 20.1 Å². The van der Waals surface area contributed by atoms with Crippen molar-refractivity contribution >= 4 is 5.78 Å². The summed E-state index contributed by atoms with van der Waals surface area (Å²) in [6.07, 6.45) is 0.479. The van der Waals surface area contributed by atoms with Crippen LogP contribution in [-0.4, -0.2) is 44.1 Å². The van der Waals surface area contributed by atoms with Gasteiger partial charge in [-0.1, -0.05) is 0 Å². The Kier molecular flexibility index (Phi) is 4.96. The third-order valence-electron chi connectivity index (χ3n) is 4.06. The standard InChI is InChI=1S/C16H22FNO3/c1-12(19)6-7-18-8-9-21-11-16(18,2)14-10-13(17)4-5-15(14)20-3/h4-5,10H,6-9,11H2,1-3H3. The average Bonchev–Trinajstić information content (AvgIpc) is 2.46. The molecule has 1 heterocycles. The van der Waals surface area contributed by atoms with E-state index < -0.39 is 5.54 Å². The molecule has 0 amide bonds. The van der Waals surface area contributed by atoms with Crippen LogP contribution in [0.25, 0.3) is 0 Å². The van der Waals surface area contributed by atoms with Gasteiger partial charge in [-0.05, 0) is 32.0 Å². The number of Topliss-reactive ketones (excluding diaryl/α,β-unsaturated/α-hetero) is 1. The second-order valence-electron chi connectivity index (χ2n) is 5.61. The normalized spacial score (nSPS) is 23.0. The lowest BCUT2D eigenvalue weighted by Gasteiger charge is -2.45. The molecule has 116 valence electrons. The average molecular weight is 295 g/mol. The zero-order chi connectivity index (χ0) is 15.5. The Labute approximate surface area is 124 Å². The molecule has 0 spiro atoms. The van der Waals surface area contributed by atoms with Crippen molar-refractivity contribution in [2.45, 2.75) is 25.8 Å². The van der Waals surface area contributed by atoms with Gasteiger partial charge in [0.1, 0.15) is 17.3 Å². The van der Waals surface area contributed by atoms with Crippen LogP contribution in [0.15, 0.2) is 18.2 Å². The van der Waals surface area contributed by atoms with E-state index in [0.717, 1.165) is 5.56 Å². The predicted molar refractivity (Wildman–Crippen MR) is 78.0 cm³/mol. The lowest BCUT2D eigenvalue weighted by molar-refractivity contribution is -0.119. The highest BCUT2D eigenvalue weighted by atomic mass is 19.1. The molecule has 0 radical (unpaired) electrons. The Hall–Kier alpha value is -1.46. The molecule has 5 heteroatoms. The summed E-state index contributed by atoms with van der Waals surface area (Å²) in [4.78, 5) is 13.4. The van der Waals surface area contributed by atoms with E-state index in [-0.39, 0.29) is 11.6 Å². The third kappa shape index (κ3) is 3.41. The molecule has 0 N–H and O–H groups in total. The summed E-state index contributed by atoms with van der Waals surface area (Å²) in [7, 11) is 1.57. The Morgan fingerprint density at radius 3 is 2.95 bits per heavy atom. The zero-order valence-corrected chi connectivity index (χ0v) is 12.8. The van der Waals surface area contributed by atoms with Gasteiger partial charge in [-0.2, -0.15) is 0 Å². The van der Waals surface area contributed by atoms with Gasteiger partial charge in [0.05, 0.1) is 25.9 Å². The van der Waals surface area contributed by atoms with Gasteiger partial charge >= 0.3 is 0 Å². The number of carbonyl (C=O) groups excluding carboxylic acids is 1. The first-order chi connectivity index (χ1) is 9.97. The molecule has 1 aromatic rings. The molecule has 1 fully saturated rings. The van der Waals surface area contributed by atoms with Crippen LogP contribution in [0.2, 0.25) is 0 Å². The number of nitrogens with zero attached hydrogens (tertiary/aromatic N) is 1. The summed E-state index contributed by atoms with van der Waals surface area (Å²) >= 11 is 0. The Bertz CT molecular complexity index is 520. The predicted octanol–water partition coefficient (Wildman–Crippen LogP) is 2.36. The molecular formula is C16H22FNO3. The summed E-state index contributed by atoms with van der Waals surface area (Å²) in [6, 6.07) is 4.51. The van der Waals surface area contributed by atoms with Crippen LogP contribution >= 0.6 is 0 Å². The fourth-order valence-corrected chi connectivity index (χ4v) is 2.78. The Balaban J connectivity index is 2.35. The third-order valence-corrected chi connectivity index (χ3v) is 4.06. The van der Waals surface area contributed by atoms with Crippen LogP contribution in [0, 0.1) is 5.82 Å². The molecule has 1 atom stereocenters. The summed E-state index contributed by atoms with van der Waals surface area (Å²) in [5.74, 6) is 0.483. The second kappa shape index (κ2) is 6.54. The van der Waals surface area contributed by atoms with Crippen LogP contribution in [0.5, 0.6) is 5.75 Å². The van der Waals surface area contributed by atoms with Gasteiger partial charge in [0, 0.05) is 25.1 Å². The van der Waals surface area contributed by atoms with E-state index in [2.05, 4.69) is 4.90 Å². The number of benzene rings is 1. The molecule has 0 aromatic heterocycles. The van der Waals surface area contributed by atoms with Gasteiger partial charge in [-0.25, -0.2) is 4.39 Å².